The topological polar surface area (TPSA) is 9.23 Å². The lowest BCUT2D eigenvalue weighted by atomic mass is 9.74. The van der Waals surface area contributed by atoms with E-state index in [1.54, 1.807) is 0 Å². The molecule has 1 aliphatic heterocycles. The summed E-state index contributed by atoms with van der Waals surface area (Å²) in [5.41, 5.74) is 3.84. The van der Waals surface area contributed by atoms with Gasteiger partial charge in [0.05, 0.1) is 5.60 Å². The van der Waals surface area contributed by atoms with Gasteiger partial charge in [-0.1, -0.05) is 31.3 Å². The van der Waals surface area contributed by atoms with Gasteiger partial charge in [-0.25, -0.2) is 0 Å². The maximum absolute atomic E-state index is 6.31. The van der Waals surface area contributed by atoms with Crippen LogP contribution in [0.4, 0.5) is 0 Å². The van der Waals surface area contributed by atoms with Crippen LogP contribution in [0.5, 0.6) is 0 Å². The van der Waals surface area contributed by atoms with Crippen molar-refractivity contribution in [2.24, 2.45) is 5.41 Å². The molecule has 1 fully saturated rings. The zero-order valence-electron chi connectivity index (χ0n) is 10.2. The molecule has 0 aromatic rings. The molecule has 15 heavy (non-hydrogen) atoms. The summed E-state index contributed by atoms with van der Waals surface area (Å²) in [6.07, 6.45) is 3.07. The molecule has 0 spiro atoms. The first kappa shape index (κ1) is 12.5. The largest absolute Gasteiger partial charge is 0.400 e. The highest BCUT2D eigenvalue weighted by Crippen LogP contribution is 2.47. The van der Waals surface area contributed by atoms with Gasteiger partial charge >= 0.3 is 0 Å². The van der Waals surface area contributed by atoms with Gasteiger partial charge in [-0.3, -0.25) is 0 Å². The standard InChI is InChI=1S/C13H22OSi/c1-7-13(6)12(4,5)10-11-15(8-2,9-3)14-13/h7-9H,1-3,10-11H2,4-6H3. The van der Waals surface area contributed by atoms with Crippen LogP contribution in [0.1, 0.15) is 27.2 Å². The van der Waals surface area contributed by atoms with Crippen molar-refractivity contribution in [2.45, 2.75) is 38.8 Å². The third-order valence-electron chi connectivity index (χ3n) is 3.97. The first-order valence-corrected chi connectivity index (χ1v) is 7.73. The van der Waals surface area contributed by atoms with E-state index in [0.29, 0.717) is 0 Å². The average Bonchev–Trinajstić information content (AvgIpc) is 2.23. The number of rotatable bonds is 3. The van der Waals surface area contributed by atoms with Crippen molar-refractivity contribution in [3.63, 3.8) is 0 Å². The molecule has 1 saturated heterocycles. The molecule has 1 heterocycles. The molecule has 1 aliphatic rings. The molecule has 0 aromatic carbocycles. The fraction of sp³-hybridized carbons (Fsp3) is 0.538. The Bertz CT molecular complexity index is 285. The van der Waals surface area contributed by atoms with E-state index < -0.39 is 8.32 Å². The van der Waals surface area contributed by atoms with Crippen LogP contribution in [0, 0.1) is 5.41 Å². The van der Waals surface area contributed by atoms with Crippen molar-refractivity contribution < 1.29 is 4.43 Å². The Morgan fingerprint density at radius 1 is 1.13 bits per heavy atom. The predicted octanol–water partition coefficient (Wildman–Crippen LogP) is 3.77. The summed E-state index contributed by atoms with van der Waals surface area (Å²) in [6, 6.07) is 1.08. The van der Waals surface area contributed by atoms with Crippen molar-refractivity contribution >= 4 is 8.32 Å². The van der Waals surface area contributed by atoms with Gasteiger partial charge in [0, 0.05) is 0 Å². The fourth-order valence-corrected chi connectivity index (χ4v) is 5.04. The minimum Gasteiger partial charge on any atom is -0.400 e. The normalized spacial score (nSPS) is 33.0. The van der Waals surface area contributed by atoms with E-state index in [9.17, 15) is 0 Å². The maximum Gasteiger partial charge on any atom is 0.241 e. The Morgan fingerprint density at radius 3 is 2.07 bits per heavy atom. The van der Waals surface area contributed by atoms with Crippen LogP contribution < -0.4 is 0 Å². The van der Waals surface area contributed by atoms with Crippen LogP contribution in [0.2, 0.25) is 6.04 Å². The molecule has 0 amide bonds. The Morgan fingerprint density at radius 2 is 1.67 bits per heavy atom. The molecule has 0 radical (unpaired) electrons. The lowest BCUT2D eigenvalue weighted by Crippen LogP contribution is -2.56. The summed E-state index contributed by atoms with van der Waals surface area (Å²) in [5.74, 6) is 0. The Balaban J connectivity index is 3.08. The van der Waals surface area contributed by atoms with E-state index in [1.807, 2.05) is 17.5 Å². The van der Waals surface area contributed by atoms with E-state index in [1.165, 1.54) is 0 Å². The summed E-state index contributed by atoms with van der Waals surface area (Å²) in [7, 11) is -1.92. The third kappa shape index (κ3) is 1.88. The van der Waals surface area contributed by atoms with Crippen LogP contribution in [0.3, 0.4) is 0 Å². The first-order valence-electron chi connectivity index (χ1n) is 5.46. The second kappa shape index (κ2) is 3.76. The summed E-state index contributed by atoms with van der Waals surface area (Å²) >= 11 is 0. The van der Waals surface area contributed by atoms with Crippen LogP contribution in [0.15, 0.2) is 37.2 Å². The van der Waals surface area contributed by atoms with Crippen LogP contribution in [-0.4, -0.2) is 13.9 Å². The summed E-state index contributed by atoms with van der Waals surface area (Å²) < 4.78 is 6.31. The average molecular weight is 222 g/mol. The second-order valence-corrected chi connectivity index (χ2v) is 8.59. The van der Waals surface area contributed by atoms with Crippen molar-refractivity contribution in [3.8, 4) is 0 Å². The lowest BCUT2D eigenvalue weighted by Gasteiger charge is -2.52. The Hall–Kier alpha value is -0.603. The van der Waals surface area contributed by atoms with Crippen LogP contribution in [0.25, 0.3) is 0 Å². The molecule has 0 bridgehead atoms. The van der Waals surface area contributed by atoms with Gasteiger partial charge in [0.1, 0.15) is 0 Å². The lowest BCUT2D eigenvalue weighted by molar-refractivity contribution is -0.0108. The Labute approximate surface area is 94.7 Å². The molecule has 0 saturated carbocycles. The monoisotopic (exact) mass is 222 g/mol. The van der Waals surface area contributed by atoms with E-state index >= 15 is 0 Å². The molecule has 1 atom stereocenters. The third-order valence-corrected chi connectivity index (χ3v) is 7.18. The number of hydrogen-bond donors (Lipinski definition) is 0. The van der Waals surface area contributed by atoms with Crippen molar-refractivity contribution in [3.05, 3.63) is 37.2 Å². The maximum atomic E-state index is 6.31. The quantitative estimate of drug-likeness (QED) is 0.522. The molecule has 0 aromatic heterocycles. The molecule has 2 heteroatoms. The van der Waals surface area contributed by atoms with Gasteiger partial charge in [-0.15, -0.1) is 19.7 Å². The highest BCUT2D eigenvalue weighted by atomic mass is 28.4. The summed E-state index contributed by atoms with van der Waals surface area (Å²) in [5, 5.41) is 0. The molecule has 1 rings (SSSR count). The van der Waals surface area contributed by atoms with Gasteiger partial charge < -0.3 is 4.43 Å². The van der Waals surface area contributed by atoms with Crippen molar-refractivity contribution in [1.82, 2.24) is 0 Å². The minimum atomic E-state index is -1.92. The van der Waals surface area contributed by atoms with Crippen LogP contribution >= 0.6 is 0 Å². The molecule has 1 unspecified atom stereocenters. The van der Waals surface area contributed by atoms with Crippen molar-refractivity contribution in [2.75, 3.05) is 0 Å². The van der Waals surface area contributed by atoms with E-state index in [2.05, 4.69) is 40.5 Å². The predicted molar refractivity (Wildman–Crippen MR) is 69.0 cm³/mol. The molecule has 0 aliphatic carbocycles. The van der Waals surface area contributed by atoms with Gasteiger partial charge in [0.25, 0.3) is 0 Å². The van der Waals surface area contributed by atoms with Gasteiger partial charge in [-0.05, 0) is 24.8 Å². The van der Waals surface area contributed by atoms with E-state index in [-0.39, 0.29) is 11.0 Å². The second-order valence-electron chi connectivity index (χ2n) is 5.16. The van der Waals surface area contributed by atoms with Crippen LogP contribution in [-0.2, 0) is 4.43 Å². The van der Waals surface area contributed by atoms with Gasteiger partial charge in [0.15, 0.2) is 0 Å². The SMILES string of the molecule is C=CC1(C)O[Si](C=C)(C=C)CCC1(C)C. The zero-order chi connectivity index (χ0) is 11.7. The highest BCUT2D eigenvalue weighted by Gasteiger charge is 2.50. The Kier molecular flexibility index (Phi) is 3.13. The molecule has 0 N–H and O–H groups in total. The zero-order valence-corrected chi connectivity index (χ0v) is 11.2. The van der Waals surface area contributed by atoms with E-state index in [0.717, 1.165) is 12.5 Å². The molecular weight excluding hydrogens is 200 g/mol. The summed E-state index contributed by atoms with van der Waals surface area (Å²) in [4.78, 5) is 0. The summed E-state index contributed by atoms with van der Waals surface area (Å²) in [6.45, 7) is 18.3. The molecule has 1 nitrogen and oxygen atoms in total. The van der Waals surface area contributed by atoms with E-state index in [4.69, 9.17) is 4.43 Å². The van der Waals surface area contributed by atoms with Gasteiger partial charge in [0.2, 0.25) is 8.32 Å². The molecule has 84 valence electrons. The number of hydrogen-bond acceptors (Lipinski definition) is 1. The fourth-order valence-electron chi connectivity index (χ4n) is 2.03. The van der Waals surface area contributed by atoms with Gasteiger partial charge in [-0.2, -0.15) is 0 Å². The highest BCUT2D eigenvalue weighted by molar-refractivity contribution is 6.83. The van der Waals surface area contributed by atoms with Crippen molar-refractivity contribution in [1.29, 1.82) is 0 Å². The molecular formula is C13H22OSi. The smallest absolute Gasteiger partial charge is 0.241 e. The first-order chi connectivity index (χ1) is 6.85. The minimum absolute atomic E-state index is 0.136.